The van der Waals surface area contributed by atoms with Crippen molar-refractivity contribution in [1.82, 2.24) is 10.6 Å². The van der Waals surface area contributed by atoms with Crippen molar-refractivity contribution < 1.29 is 0 Å². The van der Waals surface area contributed by atoms with E-state index < -0.39 is 0 Å². The third-order valence-corrected chi connectivity index (χ3v) is 3.85. The molecular weight excluding hydrogens is 399 g/mol. The van der Waals surface area contributed by atoms with Crippen molar-refractivity contribution >= 4 is 35.6 Å². The summed E-state index contributed by atoms with van der Waals surface area (Å²) in [7, 11) is 1.82. The van der Waals surface area contributed by atoms with Gasteiger partial charge in [-0.15, -0.1) is 24.0 Å². The van der Waals surface area contributed by atoms with E-state index in [0.717, 1.165) is 32.1 Å². The van der Waals surface area contributed by atoms with E-state index >= 15 is 0 Å². The zero-order valence-corrected chi connectivity index (χ0v) is 16.5. The normalized spacial score (nSPS) is 13.8. The number of rotatable bonds is 7. The van der Waals surface area contributed by atoms with Gasteiger partial charge in [0.2, 0.25) is 0 Å². The van der Waals surface area contributed by atoms with Gasteiger partial charge in [-0.3, -0.25) is 4.99 Å². The van der Waals surface area contributed by atoms with Crippen LogP contribution >= 0.6 is 24.0 Å². The molecule has 0 atom stereocenters. The summed E-state index contributed by atoms with van der Waals surface area (Å²) < 4.78 is 0. The second-order valence-electron chi connectivity index (χ2n) is 5.61. The number of guanidine groups is 1. The SMILES string of the molecule is CCCCCNC(=NC)NCc1cccc(N2CC=CC2)c1.I. The Morgan fingerprint density at radius 2 is 1.96 bits per heavy atom. The minimum atomic E-state index is 0. The Morgan fingerprint density at radius 3 is 2.65 bits per heavy atom. The van der Waals surface area contributed by atoms with Crippen molar-refractivity contribution in [2.45, 2.75) is 32.7 Å². The molecule has 23 heavy (non-hydrogen) atoms. The summed E-state index contributed by atoms with van der Waals surface area (Å²) in [6, 6.07) is 8.71. The lowest BCUT2D eigenvalue weighted by Gasteiger charge is -2.19. The predicted octanol–water partition coefficient (Wildman–Crippen LogP) is 3.54. The Morgan fingerprint density at radius 1 is 1.17 bits per heavy atom. The van der Waals surface area contributed by atoms with Gasteiger partial charge in [0.05, 0.1) is 0 Å². The van der Waals surface area contributed by atoms with Crippen LogP contribution in [0.25, 0.3) is 0 Å². The van der Waals surface area contributed by atoms with Crippen LogP contribution in [0.1, 0.15) is 31.7 Å². The second-order valence-corrected chi connectivity index (χ2v) is 5.61. The molecule has 1 aromatic rings. The fourth-order valence-electron chi connectivity index (χ4n) is 2.54. The zero-order chi connectivity index (χ0) is 15.6. The van der Waals surface area contributed by atoms with Crippen LogP contribution in [-0.4, -0.2) is 32.6 Å². The highest BCUT2D eigenvalue weighted by Crippen LogP contribution is 2.18. The molecule has 0 saturated carbocycles. The number of halogens is 1. The average molecular weight is 428 g/mol. The summed E-state index contributed by atoms with van der Waals surface area (Å²) in [5.41, 5.74) is 2.57. The lowest BCUT2D eigenvalue weighted by molar-refractivity contribution is 0.683. The first-order chi connectivity index (χ1) is 10.8. The lowest BCUT2D eigenvalue weighted by atomic mass is 10.2. The molecule has 1 heterocycles. The van der Waals surface area contributed by atoms with E-state index in [2.05, 4.69) is 63.9 Å². The fraction of sp³-hybridized carbons (Fsp3) is 0.500. The first-order valence-corrected chi connectivity index (χ1v) is 8.27. The van der Waals surface area contributed by atoms with Gasteiger partial charge >= 0.3 is 0 Å². The van der Waals surface area contributed by atoms with Gasteiger partial charge < -0.3 is 15.5 Å². The van der Waals surface area contributed by atoms with Crippen LogP contribution in [0.3, 0.4) is 0 Å². The Balaban J connectivity index is 0.00000264. The highest BCUT2D eigenvalue weighted by molar-refractivity contribution is 14.0. The first kappa shape index (κ1) is 19.8. The van der Waals surface area contributed by atoms with Gasteiger partial charge in [-0.25, -0.2) is 0 Å². The minimum Gasteiger partial charge on any atom is -0.364 e. The Labute approximate surface area is 157 Å². The van der Waals surface area contributed by atoms with Crippen LogP contribution in [0.15, 0.2) is 41.4 Å². The van der Waals surface area contributed by atoms with Gasteiger partial charge in [-0.1, -0.05) is 44.1 Å². The molecule has 5 heteroatoms. The first-order valence-electron chi connectivity index (χ1n) is 8.27. The van der Waals surface area contributed by atoms with E-state index in [1.165, 1.54) is 30.5 Å². The lowest BCUT2D eigenvalue weighted by Crippen LogP contribution is -2.37. The van der Waals surface area contributed by atoms with Crippen molar-refractivity contribution in [3.05, 3.63) is 42.0 Å². The quantitative estimate of drug-likeness (QED) is 0.230. The van der Waals surface area contributed by atoms with E-state index in [-0.39, 0.29) is 24.0 Å². The van der Waals surface area contributed by atoms with Crippen LogP contribution in [0, 0.1) is 0 Å². The molecule has 2 N–H and O–H groups in total. The molecule has 0 fully saturated rings. The van der Waals surface area contributed by atoms with Gasteiger partial charge in [-0.2, -0.15) is 0 Å². The molecule has 2 rings (SSSR count). The summed E-state index contributed by atoms with van der Waals surface area (Å²) >= 11 is 0. The van der Waals surface area contributed by atoms with Crippen molar-refractivity contribution in [2.75, 3.05) is 31.6 Å². The molecular formula is C18H29IN4. The molecule has 1 aliphatic rings. The highest BCUT2D eigenvalue weighted by atomic mass is 127. The standard InChI is InChI=1S/C18H28N4.HI/c1-3-4-5-11-20-18(19-2)21-15-16-9-8-10-17(14-16)22-12-6-7-13-22;/h6-10,14H,3-5,11-13,15H2,1-2H3,(H2,19,20,21);1H. The van der Waals surface area contributed by atoms with Crippen molar-refractivity contribution in [3.8, 4) is 0 Å². The molecule has 0 unspecified atom stereocenters. The number of unbranched alkanes of at least 4 members (excludes halogenated alkanes) is 2. The van der Waals surface area contributed by atoms with Gasteiger partial charge in [0.1, 0.15) is 0 Å². The summed E-state index contributed by atoms with van der Waals surface area (Å²) in [6.07, 6.45) is 8.12. The number of aliphatic imine (C=N–C) groups is 1. The molecule has 0 aromatic heterocycles. The molecule has 0 bridgehead atoms. The molecule has 0 radical (unpaired) electrons. The predicted molar refractivity (Wildman–Crippen MR) is 111 cm³/mol. The molecule has 128 valence electrons. The second kappa shape index (κ2) is 11.3. The van der Waals surface area contributed by atoms with E-state index in [1.54, 1.807) is 0 Å². The van der Waals surface area contributed by atoms with Crippen molar-refractivity contribution in [3.63, 3.8) is 0 Å². The third-order valence-electron chi connectivity index (χ3n) is 3.85. The Hall–Kier alpha value is -1.24. The maximum absolute atomic E-state index is 4.27. The van der Waals surface area contributed by atoms with Gasteiger partial charge in [0.15, 0.2) is 5.96 Å². The summed E-state index contributed by atoms with van der Waals surface area (Å²) in [4.78, 5) is 6.64. The van der Waals surface area contributed by atoms with Crippen molar-refractivity contribution in [2.24, 2.45) is 4.99 Å². The number of hydrogen-bond acceptors (Lipinski definition) is 2. The summed E-state index contributed by atoms with van der Waals surface area (Å²) in [6.45, 7) is 6.01. The van der Waals surface area contributed by atoms with Crippen LogP contribution in [-0.2, 0) is 6.54 Å². The van der Waals surface area contributed by atoms with Crippen molar-refractivity contribution in [1.29, 1.82) is 0 Å². The molecule has 1 aromatic carbocycles. The number of benzene rings is 1. The minimum absolute atomic E-state index is 0. The molecule has 0 saturated heterocycles. The molecule has 4 nitrogen and oxygen atoms in total. The fourth-order valence-corrected chi connectivity index (χ4v) is 2.54. The smallest absolute Gasteiger partial charge is 0.191 e. The van der Waals surface area contributed by atoms with E-state index in [9.17, 15) is 0 Å². The maximum atomic E-state index is 4.27. The molecule has 1 aliphatic heterocycles. The maximum Gasteiger partial charge on any atom is 0.191 e. The number of anilines is 1. The van der Waals surface area contributed by atoms with Crippen LogP contribution in [0.5, 0.6) is 0 Å². The highest BCUT2D eigenvalue weighted by Gasteiger charge is 2.07. The Kier molecular flexibility index (Phi) is 9.75. The number of nitrogens with zero attached hydrogens (tertiary/aromatic N) is 2. The summed E-state index contributed by atoms with van der Waals surface area (Å²) in [5.74, 6) is 0.879. The monoisotopic (exact) mass is 428 g/mol. The number of hydrogen-bond donors (Lipinski definition) is 2. The average Bonchev–Trinajstić information content (AvgIpc) is 3.09. The number of nitrogens with one attached hydrogen (secondary N) is 2. The molecule has 0 amide bonds. The zero-order valence-electron chi connectivity index (χ0n) is 14.2. The van der Waals surface area contributed by atoms with E-state index in [0.29, 0.717) is 0 Å². The van der Waals surface area contributed by atoms with Crippen LogP contribution < -0.4 is 15.5 Å². The molecule has 0 aliphatic carbocycles. The summed E-state index contributed by atoms with van der Waals surface area (Å²) in [5, 5.41) is 6.75. The van der Waals surface area contributed by atoms with Gasteiger partial charge in [0, 0.05) is 38.9 Å². The van der Waals surface area contributed by atoms with E-state index in [1.807, 2.05) is 7.05 Å². The topological polar surface area (TPSA) is 39.7 Å². The Bertz CT molecular complexity index is 505. The van der Waals surface area contributed by atoms with Gasteiger partial charge in [-0.05, 0) is 24.1 Å². The van der Waals surface area contributed by atoms with E-state index in [4.69, 9.17) is 0 Å². The third kappa shape index (κ3) is 6.81. The van der Waals surface area contributed by atoms with Gasteiger partial charge in [0.25, 0.3) is 0 Å². The largest absolute Gasteiger partial charge is 0.364 e. The van der Waals surface area contributed by atoms with Crippen LogP contribution in [0.4, 0.5) is 5.69 Å². The van der Waals surface area contributed by atoms with Crippen LogP contribution in [0.2, 0.25) is 0 Å². The molecule has 0 spiro atoms.